The third kappa shape index (κ3) is 5.84. The first-order valence-corrected chi connectivity index (χ1v) is 11.2. The molecule has 3 N–H and O–H groups in total. The van der Waals surface area contributed by atoms with Gasteiger partial charge in [-0.3, -0.25) is 14.3 Å². The van der Waals surface area contributed by atoms with Gasteiger partial charge in [-0.05, 0) is 73.7 Å². The van der Waals surface area contributed by atoms with Crippen LogP contribution in [0.15, 0.2) is 77.7 Å². The summed E-state index contributed by atoms with van der Waals surface area (Å²) < 4.78 is 27.5. The Bertz CT molecular complexity index is 1190. The number of nitrogens with one attached hydrogen (secondary N) is 3. The van der Waals surface area contributed by atoms with Crippen LogP contribution in [-0.2, 0) is 10.0 Å². The van der Waals surface area contributed by atoms with Crippen molar-refractivity contribution in [1.82, 2.24) is 5.32 Å². The van der Waals surface area contributed by atoms with Gasteiger partial charge in [0.25, 0.3) is 21.8 Å². The fourth-order valence-electron chi connectivity index (χ4n) is 2.72. The Balaban J connectivity index is 1.71. The third-order valence-electron chi connectivity index (χ3n) is 4.24. The maximum absolute atomic E-state index is 12.5. The van der Waals surface area contributed by atoms with Crippen molar-refractivity contribution < 1.29 is 18.0 Å². The van der Waals surface area contributed by atoms with Gasteiger partial charge >= 0.3 is 0 Å². The number of anilines is 2. The second-order valence-electron chi connectivity index (χ2n) is 6.53. The van der Waals surface area contributed by atoms with Crippen LogP contribution in [0.4, 0.5) is 11.4 Å². The van der Waals surface area contributed by atoms with E-state index in [1.165, 1.54) is 24.3 Å². The van der Waals surface area contributed by atoms with E-state index in [-0.39, 0.29) is 16.4 Å². The monoisotopic (exact) mass is 457 g/mol. The molecule has 0 radical (unpaired) electrons. The van der Waals surface area contributed by atoms with Gasteiger partial charge in [-0.2, -0.15) is 0 Å². The number of carbonyl (C=O) groups is 2. The number of hydrogen-bond acceptors (Lipinski definition) is 4. The Labute approximate surface area is 185 Å². The van der Waals surface area contributed by atoms with Gasteiger partial charge < -0.3 is 10.6 Å². The molecule has 0 saturated heterocycles. The molecule has 7 nitrogen and oxygen atoms in total. The lowest BCUT2D eigenvalue weighted by Crippen LogP contribution is -2.22. The van der Waals surface area contributed by atoms with Crippen LogP contribution < -0.4 is 15.4 Å². The summed E-state index contributed by atoms with van der Waals surface area (Å²) in [6, 6.07) is 18.3. The molecule has 3 aromatic rings. The van der Waals surface area contributed by atoms with Gasteiger partial charge in [0.15, 0.2) is 0 Å². The molecule has 0 aliphatic carbocycles. The summed E-state index contributed by atoms with van der Waals surface area (Å²) >= 11 is 5.81. The molecule has 9 heteroatoms. The molecule has 160 valence electrons. The molecule has 3 rings (SSSR count). The molecule has 0 aromatic heterocycles. The summed E-state index contributed by atoms with van der Waals surface area (Å²) in [5.41, 5.74) is 1.52. The molecule has 0 aliphatic rings. The van der Waals surface area contributed by atoms with E-state index in [1.807, 2.05) is 6.92 Å². The Kier molecular flexibility index (Phi) is 6.94. The zero-order valence-corrected chi connectivity index (χ0v) is 18.1. The summed E-state index contributed by atoms with van der Waals surface area (Å²) in [6.45, 7) is 2.32. The zero-order chi connectivity index (χ0) is 22.4. The van der Waals surface area contributed by atoms with E-state index < -0.39 is 15.9 Å². The molecule has 0 atom stereocenters. The molecule has 0 aliphatic heterocycles. The molecule has 2 amide bonds. The standard InChI is InChI=1S/C22H20ClN3O4S/c1-2-24-21(27)16-4-3-5-19(14-16)25-22(28)15-6-12-20(13-7-15)31(29,30)26-18-10-8-17(23)9-11-18/h3-14,26H,2H2,1H3,(H,24,27)(H,25,28). The van der Waals surface area contributed by atoms with Crippen LogP contribution >= 0.6 is 11.6 Å². The van der Waals surface area contributed by atoms with Crippen molar-refractivity contribution in [3.63, 3.8) is 0 Å². The lowest BCUT2D eigenvalue weighted by molar-refractivity contribution is 0.0954. The second-order valence-corrected chi connectivity index (χ2v) is 8.65. The summed E-state index contributed by atoms with van der Waals surface area (Å²) in [4.78, 5) is 24.5. The Morgan fingerprint density at radius 2 is 1.52 bits per heavy atom. The highest BCUT2D eigenvalue weighted by Gasteiger charge is 2.16. The normalized spacial score (nSPS) is 10.9. The highest BCUT2D eigenvalue weighted by molar-refractivity contribution is 7.92. The number of rotatable bonds is 7. The maximum Gasteiger partial charge on any atom is 0.261 e. The van der Waals surface area contributed by atoms with Gasteiger partial charge in [0.2, 0.25) is 0 Å². The van der Waals surface area contributed by atoms with E-state index in [0.717, 1.165) is 0 Å². The number of sulfonamides is 1. The average Bonchev–Trinajstić information content (AvgIpc) is 2.75. The third-order valence-corrected chi connectivity index (χ3v) is 5.89. The van der Waals surface area contributed by atoms with E-state index in [4.69, 9.17) is 11.6 Å². The lowest BCUT2D eigenvalue weighted by Gasteiger charge is -2.10. The number of carbonyl (C=O) groups excluding carboxylic acids is 2. The molecular weight excluding hydrogens is 438 g/mol. The van der Waals surface area contributed by atoms with E-state index in [2.05, 4.69) is 15.4 Å². The van der Waals surface area contributed by atoms with Crippen LogP contribution in [0.1, 0.15) is 27.6 Å². The van der Waals surface area contributed by atoms with Gasteiger partial charge in [-0.25, -0.2) is 8.42 Å². The van der Waals surface area contributed by atoms with Crippen LogP contribution in [0.3, 0.4) is 0 Å². The van der Waals surface area contributed by atoms with Gasteiger partial charge in [-0.15, -0.1) is 0 Å². The minimum atomic E-state index is -3.82. The van der Waals surface area contributed by atoms with Gasteiger partial charge in [-0.1, -0.05) is 17.7 Å². The molecule has 0 unspecified atom stereocenters. The predicted molar refractivity (Wildman–Crippen MR) is 121 cm³/mol. The van der Waals surface area contributed by atoms with Crippen molar-refractivity contribution in [1.29, 1.82) is 0 Å². The number of halogens is 1. The molecular formula is C22H20ClN3O4S. The fraction of sp³-hybridized carbons (Fsp3) is 0.0909. The van der Waals surface area contributed by atoms with Gasteiger partial charge in [0.1, 0.15) is 0 Å². The van der Waals surface area contributed by atoms with Crippen molar-refractivity contribution in [2.24, 2.45) is 0 Å². The fourth-order valence-corrected chi connectivity index (χ4v) is 3.91. The molecule has 0 saturated carbocycles. The molecule has 31 heavy (non-hydrogen) atoms. The first-order valence-electron chi connectivity index (χ1n) is 9.36. The Morgan fingerprint density at radius 1 is 0.839 bits per heavy atom. The molecule has 0 fully saturated rings. The largest absolute Gasteiger partial charge is 0.352 e. The summed E-state index contributed by atoms with van der Waals surface area (Å²) in [5.74, 6) is -0.663. The number of benzene rings is 3. The first kappa shape index (κ1) is 22.3. The molecule has 0 heterocycles. The van der Waals surface area contributed by atoms with Gasteiger partial charge in [0.05, 0.1) is 4.90 Å². The van der Waals surface area contributed by atoms with E-state index in [9.17, 15) is 18.0 Å². The zero-order valence-electron chi connectivity index (χ0n) is 16.6. The highest BCUT2D eigenvalue weighted by atomic mass is 35.5. The molecule has 0 bridgehead atoms. The minimum absolute atomic E-state index is 0.0113. The van der Waals surface area contributed by atoms with Crippen molar-refractivity contribution in [3.05, 3.63) is 88.9 Å². The lowest BCUT2D eigenvalue weighted by atomic mass is 10.1. The van der Waals surface area contributed by atoms with Crippen LogP contribution in [0.5, 0.6) is 0 Å². The summed E-state index contributed by atoms with van der Waals surface area (Å²) in [5, 5.41) is 5.89. The summed E-state index contributed by atoms with van der Waals surface area (Å²) in [7, 11) is -3.82. The van der Waals surface area contributed by atoms with E-state index in [1.54, 1.807) is 48.5 Å². The van der Waals surface area contributed by atoms with Crippen LogP contribution in [-0.4, -0.2) is 26.8 Å². The Morgan fingerprint density at radius 3 is 2.16 bits per heavy atom. The number of hydrogen-bond donors (Lipinski definition) is 3. The Hall–Kier alpha value is -3.36. The predicted octanol–water partition coefficient (Wildman–Crippen LogP) is 4.14. The van der Waals surface area contributed by atoms with Crippen molar-refractivity contribution in [2.75, 3.05) is 16.6 Å². The second kappa shape index (κ2) is 9.63. The quantitative estimate of drug-likeness (QED) is 0.495. The van der Waals surface area contributed by atoms with Crippen molar-refractivity contribution in [2.45, 2.75) is 11.8 Å². The van der Waals surface area contributed by atoms with Crippen LogP contribution in [0.2, 0.25) is 5.02 Å². The minimum Gasteiger partial charge on any atom is -0.352 e. The molecule has 0 spiro atoms. The highest BCUT2D eigenvalue weighted by Crippen LogP contribution is 2.19. The van der Waals surface area contributed by atoms with Crippen molar-refractivity contribution in [3.8, 4) is 0 Å². The summed E-state index contributed by atoms with van der Waals surface area (Å²) in [6.07, 6.45) is 0. The van der Waals surface area contributed by atoms with E-state index in [0.29, 0.717) is 28.5 Å². The first-order chi connectivity index (χ1) is 14.8. The smallest absolute Gasteiger partial charge is 0.261 e. The molecule has 3 aromatic carbocycles. The maximum atomic E-state index is 12.5. The van der Waals surface area contributed by atoms with E-state index >= 15 is 0 Å². The topological polar surface area (TPSA) is 104 Å². The van der Waals surface area contributed by atoms with Crippen LogP contribution in [0.25, 0.3) is 0 Å². The SMILES string of the molecule is CCNC(=O)c1cccc(NC(=O)c2ccc(S(=O)(=O)Nc3ccc(Cl)cc3)cc2)c1. The van der Waals surface area contributed by atoms with Gasteiger partial charge in [0, 0.05) is 34.1 Å². The average molecular weight is 458 g/mol. The number of amides is 2. The van der Waals surface area contributed by atoms with Crippen LogP contribution in [0, 0.1) is 0 Å². The van der Waals surface area contributed by atoms with Crippen molar-refractivity contribution >= 4 is 44.8 Å².